The number of amides is 1. The number of hydrogen-bond donors (Lipinski definition) is 1. The number of esters is 1. The van der Waals surface area contributed by atoms with Gasteiger partial charge in [-0.05, 0) is 43.2 Å². The molecular weight excluding hydrogens is 330 g/mol. The highest BCUT2D eigenvalue weighted by Gasteiger charge is 2.41. The van der Waals surface area contributed by atoms with Crippen LogP contribution in [-0.4, -0.2) is 28.8 Å². The Bertz CT molecular complexity index is 742. The molecule has 0 saturated heterocycles. The first-order valence-corrected chi connectivity index (χ1v) is 8.12. The summed E-state index contributed by atoms with van der Waals surface area (Å²) in [5, 5.41) is 7.93. The Balaban J connectivity index is 1.57. The number of methoxy groups -OCH3 is 1. The summed E-state index contributed by atoms with van der Waals surface area (Å²) in [4.78, 5) is 23.7. The lowest BCUT2D eigenvalue weighted by Crippen LogP contribution is -2.44. The number of carbonyl (C=O) groups is 2. The van der Waals surface area contributed by atoms with Gasteiger partial charge in [-0.1, -0.05) is 11.6 Å². The number of carbonyl (C=O) groups excluding carboxylic acids is 2. The number of hydrogen-bond acceptors (Lipinski definition) is 4. The normalized spacial score (nSPS) is 19.4. The molecule has 0 radical (unpaired) electrons. The van der Waals surface area contributed by atoms with Gasteiger partial charge in [0.2, 0.25) is 5.91 Å². The van der Waals surface area contributed by atoms with Gasteiger partial charge in [0.05, 0.1) is 36.9 Å². The summed E-state index contributed by atoms with van der Waals surface area (Å²) in [5.74, 6) is -1.05. The lowest BCUT2D eigenvalue weighted by atomic mass is 9.73. The van der Waals surface area contributed by atoms with Crippen molar-refractivity contribution in [2.24, 2.45) is 11.8 Å². The smallest absolute Gasteiger partial charge is 0.309 e. The second-order valence-corrected chi connectivity index (χ2v) is 6.20. The summed E-state index contributed by atoms with van der Waals surface area (Å²) in [6.07, 6.45) is 3.24. The third-order valence-corrected chi connectivity index (χ3v) is 4.55. The third-order valence-electron chi connectivity index (χ3n) is 4.29. The molecule has 1 fully saturated rings. The van der Waals surface area contributed by atoms with Gasteiger partial charge in [-0.3, -0.25) is 9.59 Å². The van der Waals surface area contributed by atoms with Crippen LogP contribution in [-0.2, 0) is 20.9 Å². The molecule has 1 aliphatic carbocycles. The van der Waals surface area contributed by atoms with Gasteiger partial charge >= 0.3 is 5.97 Å². The summed E-state index contributed by atoms with van der Waals surface area (Å²) in [5.41, 5.74) is 1.63. The highest BCUT2D eigenvalue weighted by atomic mass is 35.5. The molecule has 2 aromatic rings. The van der Waals surface area contributed by atoms with E-state index >= 15 is 0 Å². The number of ether oxygens (including phenoxy) is 1. The second kappa shape index (κ2) is 7.05. The van der Waals surface area contributed by atoms with E-state index in [1.54, 1.807) is 16.8 Å². The molecule has 0 unspecified atom stereocenters. The van der Waals surface area contributed by atoms with Crippen molar-refractivity contribution in [2.45, 2.75) is 19.4 Å². The van der Waals surface area contributed by atoms with Crippen molar-refractivity contribution in [2.75, 3.05) is 7.11 Å². The topological polar surface area (TPSA) is 73.2 Å². The van der Waals surface area contributed by atoms with Gasteiger partial charge in [-0.15, -0.1) is 0 Å². The van der Waals surface area contributed by atoms with E-state index in [1.807, 2.05) is 24.4 Å². The number of nitrogens with zero attached hydrogens (tertiary/aromatic N) is 2. The first-order valence-electron chi connectivity index (χ1n) is 7.74. The molecule has 1 heterocycles. The lowest BCUT2D eigenvalue weighted by molar-refractivity contribution is -0.155. The van der Waals surface area contributed by atoms with Crippen LogP contribution in [0.1, 0.15) is 18.5 Å². The molecule has 24 heavy (non-hydrogen) atoms. The molecule has 1 aromatic heterocycles. The van der Waals surface area contributed by atoms with E-state index in [0.717, 1.165) is 11.4 Å². The molecule has 7 heteroatoms. The molecule has 1 amide bonds. The Labute approximate surface area is 144 Å². The summed E-state index contributed by atoms with van der Waals surface area (Å²) in [6, 6.07) is 9.17. The molecule has 2 atom stereocenters. The predicted octanol–water partition coefficient (Wildman–Crippen LogP) is 2.34. The Kier molecular flexibility index (Phi) is 4.85. The fourth-order valence-electron chi connectivity index (χ4n) is 2.75. The van der Waals surface area contributed by atoms with Gasteiger partial charge in [-0.25, -0.2) is 4.68 Å². The van der Waals surface area contributed by atoms with Crippen molar-refractivity contribution in [1.82, 2.24) is 15.1 Å². The van der Waals surface area contributed by atoms with E-state index in [2.05, 4.69) is 10.4 Å². The Morgan fingerprint density at radius 3 is 2.58 bits per heavy atom. The zero-order chi connectivity index (χ0) is 17.1. The maximum atomic E-state index is 12.2. The van der Waals surface area contributed by atoms with Crippen LogP contribution < -0.4 is 5.32 Å². The van der Waals surface area contributed by atoms with Crippen LogP contribution in [0.4, 0.5) is 0 Å². The van der Waals surface area contributed by atoms with Crippen molar-refractivity contribution < 1.29 is 14.3 Å². The summed E-state index contributed by atoms with van der Waals surface area (Å²) >= 11 is 5.87. The first-order chi connectivity index (χ1) is 11.6. The van der Waals surface area contributed by atoms with E-state index in [4.69, 9.17) is 16.3 Å². The summed E-state index contributed by atoms with van der Waals surface area (Å²) < 4.78 is 6.43. The summed E-state index contributed by atoms with van der Waals surface area (Å²) in [7, 11) is 1.35. The zero-order valence-electron chi connectivity index (χ0n) is 13.2. The van der Waals surface area contributed by atoms with Crippen LogP contribution in [0.25, 0.3) is 5.69 Å². The SMILES string of the molecule is COC(=O)[C@@H]1CC[C@H]1C(=O)NCc1ccn(-c2ccc(Cl)cc2)n1. The maximum Gasteiger partial charge on any atom is 0.309 e. The maximum absolute atomic E-state index is 12.2. The first kappa shape index (κ1) is 16.5. The number of rotatable bonds is 5. The average Bonchev–Trinajstić information content (AvgIpc) is 3.01. The Hall–Kier alpha value is -2.34. The van der Waals surface area contributed by atoms with E-state index in [1.165, 1.54) is 7.11 Å². The molecule has 6 nitrogen and oxygen atoms in total. The Morgan fingerprint density at radius 2 is 1.96 bits per heavy atom. The van der Waals surface area contributed by atoms with Crippen LogP contribution in [0, 0.1) is 11.8 Å². The van der Waals surface area contributed by atoms with Crippen molar-refractivity contribution in [3.05, 3.63) is 47.2 Å². The van der Waals surface area contributed by atoms with E-state index in [-0.39, 0.29) is 23.7 Å². The quantitative estimate of drug-likeness (QED) is 0.842. The number of benzene rings is 1. The van der Waals surface area contributed by atoms with Crippen molar-refractivity contribution in [3.63, 3.8) is 0 Å². The molecule has 1 aromatic carbocycles. The highest BCUT2D eigenvalue weighted by Crippen LogP contribution is 2.35. The van der Waals surface area contributed by atoms with Crippen LogP contribution >= 0.6 is 11.6 Å². The van der Waals surface area contributed by atoms with Crippen LogP contribution in [0.3, 0.4) is 0 Å². The third kappa shape index (κ3) is 3.43. The molecular formula is C17H18ClN3O3. The second-order valence-electron chi connectivity index (χ2n) is 5.76. The molecule has 126 valence electrons. The zero-order valence-corrected chi connectivity index (χ0v) is 14.0. The minimum Gasteiger partial charge on any atom is -0.469 e. The minimum absolute atomic E-state index is 0.127. The molecule has 1 saturated carbocycles. The number of halogens is 1. The van der Waals surface area contributed by atoms with E-state index < -0.39 is 0 Å². The monoisotopic (exact) mass is 347 g/mol. The van der Waals surface area contributed by atoms with Gasteiger partial charge in [-0.2, -0.15) is 5.10 Å². The molecule has 0 bridgehead atoms. The van der Waals surface area contributed by atoms with Gasteiger partial charge in [0.15, 0.2) is 0 Å². The van der Waals surface area contributed by atoms with Crippen LogP contribution in [0.5, 0.6) is 0 Å². The Morgan fingerprint density at radius 1 is 1.25 bits per heavy atom. The van der Waals surface area contributed by atoms with Crippen LogP contribution in [0.2, 0.25) is 5.02 Å². The van der Waals surface area contributed by atoms with Crippen molar-refractivity contribution >= 4 is 23.5 Å². The van der Waals surface area contributed by atoms with Gasteiger partial charge in [0.1, 0.15) is 0 Å². The van der Waals surface area contributed by atoms with Gasteiger partial charge < -0.3 is 10.1 Å². The fraction of sp³-hybridized carbons (Fsp3) is 0.353. The van der Waals surface area contributed by atoms with Crippen molar-refractivity contribution in [3.8, 4) is 5.69 Å². The standard InChI is InChI=1S/C17H18ClN3O3/c1-24-17(23)15-7-6-14(15)16(22)19-10-12-8-9-21(20-12)13-4-2-11(18)3-5-13/h2-5,8-9,14-15H,6-7,10H2,1H3,(H,19,22)/t14-,15-/m1/s1. The summed E-state index contributed by atoms with van der Waals surface area (Å²) in [6.45, 7) is 0.323. The van der Waals surface area contributed by atoms with E-state index in [0.29, 0.717) is 24.4 Å². The molecule has 0 aliphatic heterocycles. The number of nitrogens with one attached hydrogen (secondary N) is 1. The highest BCUT2D eigenvalue weighted by molar-refractivity contribution is 6.30. The largest absolute Gasteiger partial charge is 0.469 e. The molecule has 0 spiro atoms. The molecule has 1 aliphatic rings. The molecule has 1 N–H and O–H groups in total. The van der Waals surface area contributed by atoms with Crippen molar-refractivity contribution in [1.29, 1.82) is 0 Å². The van der Waals surface area contributed by atoms with Crippen LogP contribution in [0.15, 0.2) is 36.5 Å². The fourth-order valence-corrected chi connectivity index (χ4v) is 2.88. The predicted molar refractivity (Wildman–Crippen MR) is 88.7 cm³/mol. The van der Waals surface area contributed by atoms with E-state index in [9.17, 15) is 9.59 Å². The number of aromatic nitrogens is 2. The minimum atomic E-state index is -0.318. The molecule has 3 rings (SSSR count). The van der Waals surface area contributed by atoms with Gasteiger partial charge in [0, 0.05) is 11.2 Å². The van der Waals surface area contributed by atoms with Gasteiger partial charge in [0.25, 0.3) is 0 Å². The average molecular weight is 348 g/mol. The lowest BCUT2D eigenvalue weighted by Gasteiger charge is -2.32.